The molecule has 4 aromatic rings. The molecule has 2 N–H and O–H groups in total. The Bertz CT molecular complexity index is 1230. The topological polar surface area (TPSA) is 57.2 Å². The number of carbonyl (C=O) groups is 1. The highest BCUT2D eigenvalue weighted by Crippen LogP contribution is 2.33. The van der Waals surface area contributed by atoms with Gasteiger partial charge in [0.1, 0.15) is 5.75 Å². The molecule has 0 unspecified atom stereocenters. The van der Waals surface area contributed by atoms with Crippen LogP contribution in [-0.2, 0) is 13.0 Å². The lowest BCUT2D eigenvalue weighted by Crippen LogP contribution is -2.11. The summed E-state index contributed by atoms with van der Waals surface area (Å²) in [6, 6.07) is 19.4. The second kappa shape index (κ2) is 8.14. The molecular formula is C24H21F2N2O2. The minimum atomic E-state index is -2.88. The minimum absolute atomic E-state index is 0.110. The van der Waals surface area contributed by atoms with E-state index in [-0.39, 0.29) is 5.75 Å². The SMILES string of the molecule is CCCc1c[c]c2c3c(C(N)=O)cccc3n(Cc3cccc(OC(F)F)c3)c2c1. The lowest BCUT2D eigenvalue weighted by molar-refractivity contribution is -0.0498. The number of hydrogen-bond acceptors (Lipinski definition) is 2. The average Bonchev–Trinajstić information content (AvgIpc) is 3.01. The van der Waals surface area contributed by atoms with Gasteiger partial charge in [0.25, 0.3) is 0 Å². The van der Waals surface area contributed by atoms with Gasteiger partial charge in [-0.15, -0.1) is 0 Å². The molecule has 0 fully saturated rings. The van der Waals surface area contributed by atoms with Crippen molar-refractivity contribution >= 4 is 27.7 Å². The number of amides is 1. The standard InChI is InChI=1S/C24H21F2N2O2/c1-2-5-15-10-11-18-21(13-15)28(20-9-4-8-19(22(18)20)23(27)29)14-16-6-3-7-17(12-16)30-24(25)26/h3-4,6-10,12-13,24H,2,5,14H2,1H3,(H2,27,29). The quantitative estimate of drug-likeness (QED) is 0.452. The molecule has 0 aliphatic rings. The first-order chi connectivity index (χ1) is 14.5. The van der Waals surface area contributed by atoms with Crippen LogP contribution in [0.25, 0.3) is 21.8 Å². The summed E-state index contributed by atoms with van der Waals surface area (Å²) in [5.74, 6) is -0.391. The van der Waals surface area contributed by atoms with Crippen molar-refractivity contribution < 1.29 is 18.3 Å². The van der Waals surface area contributed by atoms with Gasteiger partial charge < -0.3 is 15.0 Å². The molecule has 0 atom stereocenters. The van der Waals surface area contributed by atoms with E-state index in [0.29, 0.717) is 12.1 Å². The molecule has 0 saturated heterocycles. The van der Waals surface area contributed by atoms with Crippen molar-refractivity contribution in [1.82, 2.24) is 4.57 Å². The number of carbonyl (C=O) groups excluding carboxylic acids is 1. The van der Waals surface area contributed by atoms with Crippen molar-refractivity contribution in [2.45, 2.75) is 32.9 Å². The highest BCUT2D eigenvalue weighted by Gasteiger charge is 2.17. The zero-order valence-electron chi connectivity index (χ0n) is 16.5. The van der Waals surface area contributed by atoms with Gasteiger partial charge in [-0.3, -0.25) is 4.79 Å². The monoisotopic (exact) mass is 407 g/mol. The summed E-state index contributed by atoms with van der Waals surface area (Å²) in [5.41, 5.74) is 9.77. The Labute approximate surface area is 172 Å². The summed E-state index contributed by atoms with van der Waals surface area (Å²) in [6.45, 7) is -0.344. The van der Waals surface area contributed by atoms with E-state index in [2.05, 4.69) is 28.4 Å². The highest BCUT2D eigenvalue weighted by molar-refractivity contribution is 6.17. The molecule has 1 aromatic heterocycles. The molecule has 1 radical (unpaired) electrons. The van der Waals surface area contributed by atoms with E-state index in [4.69, 9.17) is 5.73 Å². The fourth-order valence-corrected chi connectivity index (χ4v) is 3.91. The maximum atomic E-state index is 12.6. The molecule has 3 aromatic carbocycles. The first-order valence-corrected chi connectivity index (χ1v) is 9.77. The smallest absolute Gasteiger partial charge is 0.387 e. The second-order valence-electron chi connectivity index (χ2n) is 7.19. The number of rotatable bonds is 7. The molecule has 30 heavy (non-hydrogen) atoms. The number of nitrogens with two attached hydrogens (primary N) is 1. The first-order valence-electron chi connectivity index (χ1n) is 9.77. The van der Waals surface area contributed by atoms with Crippen molar-refractivity contribution in [2.75, 3.05) is 0 Å². The third-order valence-corrected chi connectivity index (χ3v) is 5.12. The van der Waals surface area contributed by atoms with Crippen LogP contribution in [0.4, 0.5) is 8.78 Å². The van der Waals surface area contributed by atoms with Crippen LogP contribution in [0, 0.1) is 6.07 Å². The Hall–Kier alpha value is -3.41. The molecule has 1 heterocycles. The molecular weight excluding hydrogens is 386 g/mol. The van der Waals surface area contributed by atoms with E-state index in [9.17, 15) is 13.6 Å². The van der Waals surface area contributed by atoms with E-state index >= 15 is 0 Å². The Morgan fingerprint density at radius 2 is 1.93 bits per heavy atom. The molecule has 6 heteroatoms. The van der Waals surface area contributed by atoms with Gasteiger partial charge in [-0.05, 0) is 53.9 Å². The van der Waals surface area contributed by atoms with Gasteiger partial charge in [-0.2, -0.15) is 8.78 Å². The molecule has 0 bridgehead atoms. The third-order valence-electron chi connectivity index (χ3n) is 5.12. The van der Waals surface area contributed by atoms with Crippen LogP contribution in [0.15, 0.2) is 54.6 Å². The Morgan fingerprint density at radius 3 is 2.67 bits per heavy atom. The van der Waals surface area contributed by atoms with Gasteiger partial charge in [0.2, 0.25) is 5.91 Å². The number of halogens is 2. The maximum Gasteiger partial charge on any atom is 0.387 e. The summed E-state index contributed by atoms with van der Waals surface area (Å²) >= 11 is 0. The molecule has 0 spiro atoms. The molecule has 0 aliphatic heterocycles. The van der Waals surface area contributed by atoms with Gasteiger partial charge in [0.05, 0.1) is 11.0 Å². The molecule has 0 saturated carbocycles. The number of ether oxygens (including phenoxy) is 1. The largest absolute Gasteiger partial charge is 0.435 e. The lowest BCUT2D eigenvalue weighted by Gasteiger charge is -2.11. The van der Waals surface area contributed by atoms with E-state index < -0.39 is 12.5 Å². The van der Waals surface area contributed by atoms with Crippen molar-refractivity contribution in [3.8, 4) is 5.75 Å². The van der Waals surface area contributed by atoms with E-state index in [1.54, 1.807) is 24.3 Å². The number of aromatic nitrogens is 1. The van der Waals surface area contributed by atoms with Gasteiger partial charge in [-0.1, -0.05) is 37.6 Å². The van der Waals surface area contributed by atoms with E-state index in [1.165, 1.54) is 6.07 Å². The van der Waals surface area contributed by atoms with E-state index in [0.717, 1.165) is 45.8 Å². The predicted molar refractivity (Wildman–Crippen MR) is 113 cm³/mol. The van der Waals surface area contributed by atoms with Crippen molar-refractivity contribution in [3.05, 3.63) is 77.4 Å². The number of hydrogen-bond donors (Lipinski definition) is 1. The van der Waals surface area contributed by atoms with Crippen LogP contribution in [0.5, 0.6) is 5.75 Å². The first kappa shape index (κ1) is 19.9. The fourth-order valence-electron chi connectivity index (χ4n) is 3.91. The van der Waals surface area contributed by atoms with Gasteiger partial charge >= 0.3 is 6.61 Å². The normalized spacial score (nSPS) is 11.5. The summed E-state index contributed by atoms with van der Waals surface area (Å²) < 4.78 is 31.8. The Balaban J connectivity index is 1.91. The van der Waals surface area contributed by atoms with E-state index in [1.807, 2.05) is 18.2 Å². The number of alkyl halides is 2. The second-order valence-corrected chi connectivity index (χ2v) is 7.19. The van der Waals surface area contributed by atoms with Gasteiger partial charge in [-0.25, -0.2) is 0 Å². The minimum Gasteiger partial charge on any atom is -0.435 e. The van der Waals surface area contributed by atoms with Crippen LogP contribution in [0.3, 0.4) is 0 Å². The van der Waals surface area contributed by atoms with Crippen molar-refractivity contribution in [1.29, 1.82) is 0 Å². The highest BCUT2D eigenvalue weighted by atomic mass is 19.3. The van der Waals surface area contributed by atoms with Crippen LogP contribution in [0.2, 0.25) is 0 Å². The maximum absolute atomic E-state index is 12.6. The summed E-state index contributed by atoms with van der Waals surface area (Å²) in [4.78, 5) is 12.1. The fraction of sp³-hybridized carbons (Fsp3) is 0.208. The summed E-state index contributed by atoms with van der Waals surface area (Å²) in [6.07, 6.45) is 1.91. The van der Waals surface area contributed by atoms with Crippen LogP contribution >= 0.6 is 0 Å². The van der Waals surface area contributed by atoms with Crippen molar-refractivity contribution in [2.24, 2.45) is 5.73 Å². The van der Waals surface area contributed by atoms with Crippen LogP contribution < -0.4 is 10.5 Å². The molecule has 153 valence electrons. The van der Waals surface area contributed by atoms with Gasteiger partial charge in [0, 0.05) is 22.9 Å². The number of benzene rings is 3. The third kappa shape index (κ3) is 3.73. The summed E-state index contributed by atoms with van der Waals surface area (Å²) in [5, 5.41) is 1.57. The summed E-state index contributed by atoms with van der Waals surface area (Å²) in [7, 11) is 0. The Kier molecular flexibility index (Phi) is 5.40. The van der Waals surface area contributed by atoms with Crippen molar-refractivity contribution in [3.63, 3.8) is 0 Å². The van der Waals surface area contributed by atoms with Gasteiger partial charge in [0.15, 0.2) is 0 Å². The predicted octanol–water partition coefficient (Wildman–Crippen LogP) is 5.30. The lowest BCUT2D eigenvalue weighted by atomic mass is 10.0. The average molecular weight is 407 g/mol. The number of primary amides is 1. The molecule has 0 aliphatic carbocycles. The zero-order chi connectivity index (χ0) is 21.3. The zero-order valence-corrected chi connectivity index (χ0v) is 16.5. The molecule has 4 nitrogen and oxygen atoms in total. The van der Waals surface area contributed by atoms with Crippen LogP contribution in [0.1, 0.15) is 34.8 Å². The Morgan fingerprint density at radius 1 is 1.13 bits per heavy atom. The number of fused-ring (bicyclic) bond motifs is 3. The number of nitrogens with zero attached hydrogens (tertiary/aromatic N) is 1. The number of aryl methyl sites for hydroxylation is 1. The molecule has 4 rings (SSSR count). The molecule has 1 amide bonds. The van der Waals surface area contributed by atoms with Crippen LogP contribution in [-0.4, -0.2) is 17.1 Å².